The molecule has 4 bridgehead atoms. The molecule has 2 atom stereocenters. The van der Waals surface area contributed by atoms with Crippen LogP contribution in [0.1, 0.15) is 32.1 Å². The maximum atomic E-state index is 3.95. The van der Waals surface area contributed by atoms with E-state index >= 15 is 0 Å². The molecule has 4 rings (SSSR count). The van der Waals surface area contributed by atoms with Crippen molar-refractivity contribution in [3.8, 4) is 0 Å². The fourth-order valence-corrected chi connectivity index (χ4v) is 3.77. The van der Waals surface area contributed by atoms with Gasteiger partial charge in [-0.3, -0.25) is 0 Å². The molecular formula is C12H16. The van der Waals surface area contributed by atoms with Crippen molar-refractivity contribution in [3.63, 3.8) is 0 Å². The molecule has 0 spiro atoms. The van der Waals surface area contributed by atoms with Gasteiger partial charge in [0.05, 0.1) is 0 Å². The molecule has 0 amide bonds. The highest BCUT2D eigenvalue weighted by Gasteiger charge is 2.40. The van der Waals surface area contributed by atoms with Gasteiger partial charge in [-0.15, -0.1) is 0 Å². The normalized spacial score (nSPS) is 43.8. The molecule has 0 aromatic heterocycles. The summed E-state index contributed by atoms with van der Waals surface area (Å²) >= 11 is 0. The van der Waals surface area contributed by atoms with Crippen molar-refractivity contribution in [2.75, 3.05) is 0 Å². The highest BCUT2D eigenvalue weighted by molar-refractivity contribution is 5.34. The second-order valence-corrected chi connectivity index (χ2v) is 4.81. The first kappa shape index (κ1) is 6.94. The lowest BCUT2D eigenvalue weighted by molar-refractivity contribution is 0.160. The Morgan fingerprint density at radius 2 is 1.75 bits per heavy atom. The van der Waals surface area contributed by atoms with Gasteiger partial charge in [0.2, 0.25) is 0 Å². The average Bonchev–Trinajstić information content (AvgIpc) is 2.02. The Morgan fingerprint density at radius 1 is 1.08 bits per heavy atom. The van der Waals surface area contributed by atoms with Gasteiger partial charge in [-0.2, -0.15) is 0 Å². The minimum absolute atomic E-state index is 0.920. The first-order valence-electron chi connectivity index (χ1n) is 5.21. The Bertz CT molecular complexity index is 243. The SMILES string of the molecule is C=CC1=C2CC3CC(C2)CC1C3. The largest absolute Gasteiger partial charge is 0.0988 e. The molecule has 2 fully saturated rings. The van der Waals surface area contributed by atoms with Crippen molar-refractivity contribution in [1.82, 2.24) is 0 Å². The van der Waals surface area contributed by atoms with Gasteiger partial charge in [-0.05, 0) is 55.4 Å². The van der Waals surface area contributed by atoms with Crippen LogP contribution in [0, 0.1) is 17.8 Å². The van der Waals surface area contributed by atoms with Gasteiger partial charge < -0.3 is 0 Å². The van der Waals surface area contributed by atoms with Crippen LogP contribution >= 0.6 is 0 Å². The van der Waals surface area contributed by atoms with E-state index in [1.807, 2.05) is 0 Å². The van der Waals surface area contributed by atoms with Gasteiger partial charge in [0.15, 0.2) is 0 Å². The van der Waals surface area contributed by atoms with Crippen molar-refractivity contribution in [1.29, 1.82) is 0 Å². The van der Waals surface area contributed by atoms with Crippen LogP contribution < -0.4 is 0 Å². The highest BCUT2D eigenvalue weighted by Crippen LogP contribution is 2.53. The van der Waals surface area contributed by atoms with Gasteiger partial charge in [0.1, 0.15) is 0 Å². The van der Waals surface area contributed by atoms with Crippen LogP contribution in [0.2, 0.25) is 0 Å². The molecule has 0 heteroatoms. The average molecular weight is 160 g/mol. The van der Waals surface area contributed by atoms with Crippen LogP contribution in [0.4, 0.5) is 0 Å². The van der Waals surface area contributed by atoms with Crippen LogP contribution in [0.5, 0.6) is 0 Å². The van der Waals surface area contributed by atoms with Crippen LogP contribution in [0.25, 0.3) is 0 Å². The Hall–Kier alpha value is -0.520. The van der Waals surface area contributed by atoms with Crippen molar-refractivity contribution in [2.45, 2.75) is 32.1 Å². The monoisotopic (exact) mass is 160 g/mol. The lowest BCUT2D eigenvalue weighted by Crippen LogP contribution is -2.34. The molecule has 4 aliphatic carbocycles. The molecule has 0 heterocycles. The Kier molecular flexibility index (Phi) is 1.30. The predicted molar refractivity (Wildman–Crippen MR) is 50.8 cm³/mol. The van der Waals surface area contributed by atoms with E-state index in [1.54, 1.807) is 11.1 Å². The van der Waals surface area contributed by atoms with Crippen molar-refractivity contribution in [2.24, 2.45) is 17.8 Å². The maximum Gasteiger partial charge on any atom is -0.0157 e. The molecular weight excluding hydrogens is 144 g/mol. The van der Waals surface area contributed by atoms with Crippen molar-refractivity contribution < 1.29 is 0 Å². The summed E-state index contributed by atoms with van der Waals surface area (Å²) in [5.41, 5.74) is 3.41. The number of hydrogen-bond donors (Lipinski definition) is 0. The van der Waals surface area contributed by atoms with E-state index < -0.39 is 0 Å². The van der Waals surface area contributed by atoms with Gasteiger partial charge in [-0.25, -0.2) is 0 Å². The molecule has 0 aliphatic heterocycles. The number of hydrogen-bond acceptors (Lipinski definition) is 0. The smallest absolute Gasteiger partial charge is 0.0157 e. The molecule has 0 aromatic rings. The molecule has 64 valence electrons. The standard InChI is InChI=1S/C12H16/c1-2-12-10-4-8-3-9(6-10)7-11(12)5-8/h2,8-10H,1,3-7H2. The number of rotatable bonds is 1. The third kappa shape index (κ3) is 0.784. The maximum absolute atomic E-state index is 3.95. The fourth-order valence-electron chi connectivity index (χ4n) is 3.77. The highest BCUT2D eigenvalue weighted by atomic mass is 14.4. The molecule has 0 nitrogen and oxygen atoms in total. The summed E-state index contributed by atoms with van der Waals surface area (Å²) in [6.45, 7) is 3.95. The third-order valence-corrected chi connectivity index (χ3v) is 4.04. The lowest BCUT2D eigenvalue weighted by Gasteiger charge is -2.47. The van der Waals surface area contributed by atoms with E-state index in [9.17, 15) is 0 Å². The minimum atomic E-state index is 0.920. The Balaban J connectivity index is 2.07. The summed E-state index contributed by atoms with van der Waals surface area (Å²) in [4.78, 5) is 0. The Morgan fingerprint density at radius 3 is 2.25 bits per heavy atom. The van der Waals surface area contributed by atoms with Gasteiger partial charge in [0, 0.05) is 0 Å². The van der Waals surface area contributed by atoms with Crippen LogP contribution in [0.15, 0.2) is 23.8 Å². The summed E-state index contributed by atoms with van der Waals surface area (Å²) in [5, 5.41) is 0. The fraction of sp³-hybridized carbons (Fsp3) is 0.667. The molecule has 0 N–H and O–H groups in total. The van der Waals surface area contributed by atoms with E-state index in [0.29, 0.717) is 0 Å². The van der Waals surface area contributed by atoms with E-state index in [2.05, 4.69) is 12.7 Å². The molecule has 2 saturated carbocycles. The minimum Gasteiger partial charge on any atom is -0.0988 e. The van der Waals surface area contributed by atoms with Crippen molar-refractivity contribution in [3.05, 3.63) is 23.8 Å². The molecule has 0 saturated heterocycles. The van der Waals surface area contributed by atoms with Gasteiger partial charge in [-0.1, -0.05) is 18.2 Å². The lowest BCUT2D eigenvalue weighted by atomic mass is 9.58. The first-order valence-corrected chi connectivity index (χ1v) is 5.21. The number of allylic oxidation sites excluding steroid dienone is 3. The zero-order valence-corrected chi connectivity index (χ0v) is 7.55. The van der Waals surface area contributed by atoms with Crippen LogP contribution in [0.3, 0.4) is 0 Å². The second kappa shape index (κ2) is 2.25. The molecule has 4 aliphatic rings. The third-order valence-electron chi connectivity index (χ3n) is 4.04. The van der Waals surface area contributed by atoms with Crippen molar-refractivity contribution >= 4 is 0 Å². The van der Waals surface area contributed by atoms with Crippen LogP contribution in [-0.2, 0) is 0 Å². The van der Waals surface area contributed by atoms with E-state index in [-0.39, 0.29) is 0 Å². The summed E-state index contributed by atoms with van der Waals surface area (Å²) in [6.07, 6.45) is 9.44. The zero-order chi connectivity index (χ0) is 8.13. The second-order valence-electron chi connectivity index (χ2n) is 4.81. The van der Waals surface area contributed by atoms with Gasteiger partial charge in [0.25, 0.3) is 0 Å². The molecule has 2 unspecified atom stereocenters. The molecule has 12 heavy (non-hydrogen) atoms. The predicted octanol–water partition coefficient (Wildman–Crippen LogP) is 3.31. The summed E-state index contributed by atoms with van der Waals surface area (Å²) in [7, 11) is 0. The van der Waals surface area contributed by atoms with Crippen LogP contribution in [-0.4, -0.2) is 0 Å². The zero-order valence-electron chi connectivity index (χ0n) is 7.55. The van der Waals surface area contributed by atoms with E-state index in [1.165, 1.54) is 32.1 Å². The molecule has 0 aromatic carbocycles. The summed E-state index contributed by atoms with van der Waals surface area (Å²) in [5.74, 6) is 3.03. The Labute approximate surface area is 74.4 Å². The quantitative estimate of drug-likeness (QED) is 0.552. The van der Waals surface area contributed by atoms with E-state index in [0.717, 1.165) is 17.8 Å². The van der Waals surface area contributed by atoms with Gasteiger partial charge >= 0.3 is 0 Å². The van der Waals surface area contributed by atoms with E-state index in [4.69, 9.17) is 0 Å². The first-order chi connectivity index (χ1) is 5.86. The summed E-state index contributed by atoms with van der Waals surface area (Å²) < 4.78 is 0. The summed E-state index contributed by atoms with van der Waals surface area (Å²) in [6, 6.07) is 0. The molecule has 0 radical (unpaired) electrons. The topological polar surface area (TPSA) is 0 Å².